The number of carbonyl (C=O) groups excluding carboxylic acids is 3. The Bertz CT molecular complexity index is 1770. The molecule has 4 aromatic rings. The molecule has 0 fully saturated rings. The molecule has 0 radical (unpaired) electrons. The van der Waals surface area contributed by atoms with Crippen molar-refractivity contribution in [1.82, 2.24) is 9.55 Å². The Balaban J connectivity index is 1.41. The summed E-state index contributed by atoms with van der Waals surface area (Å²) in [5.41, 5.74) is 6.51. The van der Waals surface area contributed by atoms with Gasteiger partial charge < -0.3 is 14.1 Å². The van der Waals surface area contributed by atoms with Crippen LogP contribution in [0.4, 0.5) is 0 Å². The number of benzene rings is 3. The molecule has 1 aliphatic carbocycles. The number of aromatic nitrogens is 2. The summed E-state index contributed by atoms with van der Waals surface area (Å²) >= 11 is 0. The maximum atomic E-state index is 13.1. The number of nitrogens with zero attached hydrogens (tertiary/aromatic N) is 3. The van der Waals surface area contributed by atoms with Crippen LogP contribution >= 0.6 is 0 Å². The van der Waals surface area contributed by atoms with Gasteiger partial charge in [-0.2, -0.15) is 0 Å². The number of aliphatic imine (C=N–C) groups is 1. The van der Waals surface area contributed by atoms with E-state index in [0.717, 1.165) is 59.5 Å². The van der Waals surface area contributed by atoms with Gasteiger partial charge in [0.05, 0.1) is 22.7 Å². The fourth-order valence-corrected chi connectivity index (χ4v) is 5.48. The lowest BCUT2D eigenvalue weighted by atomic mass is 9.98. The van der Waals surface area contributed by atoms with Crippen LogP contribution in [0.15, 0.2) is 83.9 Å². The fraction of sp³-hybridized carbons (Fsp3) is 0.289. The van der Waals surface area contributed by atoms with Crippen LogP contribution in [0.5, 0.6) is 0 Å². The van der Waals surface area contributed by atoms with Crippen LogP contribution in [0.25, 0.3) is 17.2 Å². The van der Waals surface area contributed by atoms with Crippen LogP contribution in [0.2, 0.25) is 0 Å². The minimum Gasteiger partial charge on any atom is -0.456 e. The lowest BCUT2D eigenvalue weighted by Crippen LogP contribution is -2.24. The molecular formula is C38H39N3O4. The van der Waals surface area contributed by atoms with Crippen molar-refractivity contribution in [3.05, 3.63) is 118 Å². The fourth-order valence-electron chi connectivity index (χ4n) is 5.48. The Morgan fingerprint density at radius 3 is 2.38 bits per heavy atom. The normalized spacial score (nSPS) is 13.5. The van der Waals surface area contributed by atoms with Crippen LogP contribution in [0.3, 0.4) is 0 Å². The highest BCUT2D eigenvalue weighted by molar-refractivity contribution is 6.11. The van der Waals surface area contributed by atoms with E-state index < -0.39 is 5.60 Å². The Morgan fingerprint density at radius 1 is 0.956 bits per heavy atom. The number of hydrogen-bond donors (Lipinski definition) is 0. The summed E-state index contributed by atoms with van der Waals surface area (Å²) in [6, 6.07) is 22.9. The molecule has 3 aromatic carbocycles. The van der Waals surface area contributed by atoms with E-state index in [0.29, 0.717) is 35.4 Å². The van der Waals surface area contributed by atoms with Gasteiger partial charge in [-0.05, 0) is 73.7 Å². The summed E-state index contributed by atoms with van der Waals surface area (Å²) in [6.45, 7) is 8.38. The highest BCUT2D eigenvalue weighted by Crippen LogP contribution is 2.28. The van der Waals surface area contributed by atoms with Crippen molar-refractivity contribution in [3.63, 3.8) is 0 Å². The third-order valence-electron chi connectivity index (χ3n) is 7.67. The van der Waals surface area contributed by atoms with Crippen molar-refractivity contribution in [2.45, 2.75) is 71.9 Å². The second-order valence-electron chi connectivity index (χ2n) is 12.2. The first kappa shape index (κ1) is 31.5. The second kappa shape index (κ2) is 13.8. The molecule has 7 nitrogen and oxygen atoms in total. The molecule has 5 rings (SSSR count). The third-order valence-corrected chi connectivity index (χ3v) is 7.67. The molecule has 0 spiro atoms. The lowest BCUT2D eigenvalue weighted by molar-refractivity contribution is -0.107. The highest BCUT2D eigenvalue weighted by atomic mass is 16.6. The topological polar surface area (TPSA) is 90.6 Å². The van der Waals surface area contributed by atoms with Gasteiger partial charge in [-0.25, -0.2) is 14.8 Å². The first-order valence-corrected chi connectivity index (χ1v) is 15.5. The molecular weight excluding hydrogens is 562 g/mol. The van der Waals surface area contributed by atoms with E-state index in [1.54, 1.807) is 24.3 Å². The molecule has 1 amide bonds. The van der Waals surface area contributed by atoms with Gasteiger partial charge in [0.2, 0.25) is 0 Å². The Morgan fingerprint density at radius 2 is 1.67 bits per heavy atom. The number of allylic oxidation sites excluding steroid dienone is 1. The minimum atomic E-state index is -0.582. The first-order chi connectivity index (χ1) is 21.7. The molecule has 0 N–H and O–H groups in total. The zero-order chi connectivity index (χ0) is 32.0. The predicted octanol–water partition coefficient (Wildman–Crippen LogP) is 7.49. The Labute approximate surface area is 264 Å². The standard InChI is InChI=1S/C38H39N3O4/c1-5-6-15-35-40-33-21-20-29(39-36(43)31-13-8-7-11-27(31)22-23-42)24-34(33)41(35)25-26-16-18-28(19-17-26)30-12-9-10-14-32(30)37(44)45-38(2,3)4/h7-14,16-21,23H,5-6,15,22,24-25H2,1-4H3. The van der Waals surface area contributed by atoms with Crippen molar-refractivity contribution in [2.24, 2.45) is 4.99 Å². The second-order valence-corrected chi connectivity index (χ2v) is 12.2. The maximum Gasteiger partial charge on any atom is 0.339 e. The summed E-state index contributed by atoms with van der Waals surface area (Å²) in [4.78, 5) is 46.6. The van der Waals surface area contributed by atoms with Gasteiger partial charge in [-0.3, -0.25) is 4.79 Å². The summed E-state index contributed by atoms with van der Waals surface area (Å²) in [5, 5.41) is 0. The molecule has 0 unspecified atom stereocenters. The Kier molecular flexibility index (Phi) is 9.67. The summed E-state index contributed by atoms with van der Waals surface area (Å²) in [5.74, 6) is 0.314. The largest absolute Gasteiger partial charge is 0.456 e. The van der Waals surface area contributed by atoms with Gasteiger partial charge in [-0.1, -0.05) is 74.0 Å². The molecule has 45 heavy (non-hydrogen) atoms. The number of hydrogen-bond acceptors (Lipinski definition) is 5. The van der Waals surface area contributed by atoms with E-state index in [-0.39, 0.29) is 18.3 Å². The van der Waals surface area contributed by atoms with E-state index in [1.165, 1.54) is 0 Å². The van der Waals surface area contributed by atoms with Crippen molar-refractivity contribution in [1.29, 1.82) is 0 Å². The number of fused-ring (bicyclic) bond motifs is 1. The number of ether oxygens (including phenoxy) is 1. The smallest absolute Gasteiger partial charge is 0.339 e. The number of rotatable bonds is 10. The number of carbonyl (C=O) groups is 3. The van der Waals surface area contributed by atoms with Gasteiger partial charge in [0.15, 0.2) is 0 Å². The van der Waals surface area contributed by atoms with Crippen molar-refractivity contribution in [2.75, 3.05) is 0 Å². The molecule has 1 aromatic heterocycles. The van der Waals surface area contributed by atoms with E-state index in [1.807, 2.05) is 69.3 Å². The molecule has 0 aliphatic heterocycles. The van der Waals surface area contributed by atoms with E-state index in [2.05, 4.69) is 28.6 Å². The molecule has 0 saturated carbocycles. The predicted molar refractivity (Wildman–Crippen MR) is 178 cm³/mol. The summed E-state index contributed by atoms with van der Waals surface area (Å²) in [6.07, 6.45) is 8.18. The van der Waals surface area contributed by atoms with Gasteiger partial charge in [0.1, 0.15) is 17.7 Å². The summed E-state index contributed by atoms with van der Waals surface area (Å²) in [7, 11) is 0. The molecule has 1 heterocycles. The zero-order valence-corrected chi connectivity index (χ0v) is 26.4. The maximum absolute atomic E-state index is 13.1. The van der Waals surface area contributed by atoms with Crippen LogP contribution in [0, 0.1) is 0 Å². The highest BCUT2D eigenvalue weighted by Gasteiger charge is 2.23. The molecule has 230 valence electrons. The summed E-state index contributed by atoms with van der Waals surface area (Å²) < 4.78 is 7.90. The molecule has 7 heteroatoms. The van der Waals surface area contributed by atoms with Crippen molar-refractivity contribution >= 4 is 30.0 Å². The Hall–Kier alpha value is -4.91. The quantitative estimate of drug-likeness (QED) is 0.139. The van der Waals surface area contributed by atoms with Crippen LogP contribution in [-0.2, 0) is 35.3 Å². The zero-order valence-electron chi connectivity index (χ0n) is 26.4. The molecule has 0 bridgehead atoms. The molecule has 0 saturated heterocycles. The first-order valence-electron chi connectivity index (χ1n) is 15.5. The van der Waals surface area contributed by atoms with Crippen molar-refractivity contribution < 1.29 is 19.1 Å². The van der Waals surface area contributed by atoms with E-state index in [9.17, 15) is 14.4 Å². The van der Waals surface area contributed by atoms with Gasteiger partial charge in [0.25, 0.3) is 5.91 Å². The average molecular weight is 602 g/mol. The number of esters is 1. The number of amides is 1. The van der Waals surface area contributed by atoms with Gasteiger partial charge in [0, 0.05) is 31.4 Å². The number of aryl methyl sites for hydroxylation is 1. The molecule has 0 atom stereocenters. The monoisotopic (exact) mass is 601 g/mol. The van der Waals surface area contributed by atoms with Crippen LogP contribution in [-0.4, -0.2) is 39.0 Å². The van der Waals surface area contributed by atoms with E-state index >= 15 is 0 Å². The van der Waals surface area contributed by atoms with Gasteiger partial charge in [-0.15, -0.1) is 0 Å². The lowest BCUT2D eigenvalue weighted by Gasteiger charge is -2.20. The molecule has 1 aliphatic rings. The number of unbranched alkanes of at least 4 members (excludes halogenated alkanes) is 1. The van der Waals surface area contributed by atoms with E-state index in [4.69, 9.17) is 9.72 Å². The third kappa shape index (κ3) is 7.60. The number of aldehydes is 1. The van der Waals surface area contributed by atoms with Crippen LogP contribution < -0.4 is 0 Å². The van der Waals surface area contributed by atoms with Gasteiger partial charge >= 0.3 is 5.97 Å². The van der Waals surface area contributed by atoms with Crippen molar-refractivity contribution in [3.8, 4) is 11.1 Å². The van der Waals surface area contributed by atoms with Crippen LogP contribution in [0.1, 0.15) is 89.6 Å². The SMILES string of the molecule is CCCCc1nc2c(n1Cc1ccc(-c3ccccc3C(=O)OC(C)(C)C)cc1)CC(=NC(=O)c1ccccc1CC=O)C=C2. The average Bonchev–Trinajstić information content (AvgIpc) is 3.36. The minimum absolute atomic E-state index is 0.172. The number of imidazole rings is 1.